The van der Waals surface area contributed by atoms with Crippen LogP contribution in [0.1, 0.15) is 30.4 Å². The Bertz CT molecular complexity index is 867. The van der Waals surface area contributed by atoms with Crippen molar-refractivity contribution in [2.24, 2.45) is 0 Å². The molecule has 152 valence electrons. The molecule has 2 aliphatic rings. The number of rotatable bonds is 4. The van der Waals surface area contributed by atoms with Gasteiger partial charge in [0.2, 0.25) is 11.9 Å². The van der Waals surface area contributed by atoms with Gasteiger partial charge < -0.3 is 14.7 Å². The molecule has 1 amide bonds. The molecular formula is C23H29N5O. The molecule has 3 heterocycles. The molecule has 0 aliphatic carbocycles. The summed E-state index contributed by atoms with van der Waals surface area (Å²) in [6.45, 7) is 7.14. The quantitative estimate of drug-likeness (QED) is 0.750. The predicted octanol–water partition coefficient (Wildman–Crippen LogP) is 3.14. The van der Waals surface area contributed by atoms with Crippen LogP contribution in [0.5, 0.6) is 0 Å². The predicted molar refractivity (Wildman–Crippen MR) is 117 cm³/mol. The van der Waals surface area contributed by atoms with Crippen molar-refractivity contribution in [3.63, 3.8) is 0 Å². The van der Waals surface area contributed by atoms with E-state index in [0.717, 1.165) is 43.5 Å². The average Bonchev–Trinajstić information content (AvgIpc) is 2.79. The Labute approximate surface area is 172 Å². The molecule has 0 spiro atoms. The highest BCUT2D eigenvalue weighted by atomic mass is 16.2. The van der Waals surface area contributed by atoms with Gasteiger partial charge in [-0.15, -0.1) is 0 Å². The van der Waals surface area contributed by atoms with Crippen molar-refractivity contribution in [1.82, 2.24) is 14.9 Å². The highest BCUT2D eigenvalue weighted by Crippen LogP contribution is 2.20. The SMILES string of the molecule is Cc1ccccc1/C=C/C(=O)N1CCN(c2ccnc(N3CCCCC3)n2)CC1. The molecule has 1 aromatic heterocycles. The van der Waals surface area contributed by atoms with E-state index in [-0.39, 0.29) is 5.91 Å². The lowest BCUT2D eigenvalue weighted by Gasteiger charge is -2.35. The minimum Gasteiger partial charge on any atom is -0.353 e. The molecule has 6 heteroatoms. The largest absolute Gasteiger partial charge is 0.353 e. The fourth-order valence-corrected chi connectivity index (χ4v) is 3.96. The molecule has 0 N–H and O–H groups in total. The molecule has 6 nitrogen and oxygen atoms in total. The van der Waals surface area contributed by atoms with Crippen LogP contribution in [0.3, 0.4) is 0 Å². The zero-order valence-corrected chi connectivity index (χ0v) is 17.1. The molecule has 2 fully saturated rings. The van der Waals surface area contributed by atoms with Crippen LogP contribution >= 0.6 is 0 Å². The van der Waals surface area contributed by atoms with Crippen molar-refractivity contribution < 1.29 is 4.79 Å². The van der Waals surface area contributed by atoms with E-state index in [2.05, 4.69) is 27.8 Å². The molecule has 0 unspecified atom stereocenters. The lowest BCUT2D eigenvalue weighted by atomic mass is 10.1. The maximum atomic E-state index is 12.6. The van der Waals surface area contributed by atoms with Crippen molar-refractivity contribution in [1.29, 1.82) is 0 Å². The van der Waals surface area contributed by atoms with Crippen molar-refractivity contribution in [2.45, 2.75) is 26.2 Å². The number of carbonyl (C=O) groups is 1. The standard InChI is InChI=1S/C23H29N5O/c1-19-7-3-4-8-20(19)9-10-22(29)27-17-15-26(16-18-27)21-11-12-24-23(25-21)28-13-5-2-6-14-28/h3-4,7-12H,2,5-6,13-18H2,1H3/b10-9+. The fourth-order valence-electron chi connectivity index (χ4n) is 3.96. The topological polar surface area (TPSA) is 52.6 Å². The number of aryl methyl sites for hydroxylation is 1. The summed E-state index contributed by atoms with van der Waals surface area (Å²) in [5.74, 6) is 1.87. The zero-order chi connectivity index (χ0) is 20.1. The first-order valence-electron chi connectivity index (χ1n) is 10.6. The Balaban J connectivity index is 1.34. The van der Waals surface area contributed by atoms with Crippen molar-refractivity contribution in [2.75, 3.05) is 49.1 Å². The van der Waals surface area contributed by atoms with Gasteiger partial charge >= 0.3 is 0 Å². The minimum atomic E-state index is 0.0737. The number of hydrogen-bond donors (Lipinski definition) is 0. The molecule has 2 aromatic rings. The highest BCUT2D eigenvalue weighted by Gasteiger charge is 2.22. The second kappa shape index (κ2) is 9.07. The summed E-state index contributed by atoms with van der Waals surface area (Å²) < 4.78 is 0. The van der Waals surface area contributed by atoms with E-state index < -0.39 is 0 Å². The van der Waals surface area contributed by atoms with Gasteiger partial charge in [-0.05, 0) is 49.5 Å². The summed E-state index contributed by atoms with van der Waals surface area (Å²) in [4.78, 5) is 28.3. The number of amides is 1. The maximum absolute atomic E-state index is 12.6. The average molecular weight is 392 g/mol. The van der Waals surface area contributed by atoms with Gasteiger partial charge in [0.05, 0.1) is 0 Å². The Morgan fingerprint density at radius 1 is 0.931 bits per heavy atom. The van der Waals surface area contributed by atoms with Gasteiger partial charge in [-0.25, -0.2) is 4.98 Å². The number of aromatic nitrogens is 2. The van der Waals surface area contributed by atoms with Crippen LogP contribution in [-0.2, 0) is 4.79 Å². The third kappa shape index (κ3) is 4.75. The lowest BCUT2D eigenvalue weighted by molar-refractivity contribution is -0.126. The fraction of sp³-hybridized carbons (Fsp3) is 0.435. The number of piperidine rings is 1. The number of anilines is 2. The molecule has 0 saturated carbocycles. The van der Waals surface area contributed by atoms with E-state index in [4.69, 9.17) is 4.98 Å². The first-order valence-corrected chi connectivity index (χ1v) is 10.6. The number of benzene rings is 1. The van der Waals surface area contributed by atoms with E-state index in [0.29, 0.717) is 13.1 Å². The molecular weight excluding hydrogens is 362 g/mol. The van der Waals surface area contributed by atoms with Crippen molar-refractivity contribution >= 4 is 23.7 Å². The van der Waals surface area contributed by atoms with E-state index >= 15 is 0 Å². The summed E-state index contributed by atoms with van der Waals surface area (Å²) in [6.07, 6.45) is 9.19. The van der Waals surface area contributed by atoms with E-state index in [1.807, 2.05) is 41.4 Å². The molecule has 0 atom stereocenters. The Morgan fingerprint density at radius 2 is 1.69 bits per heavy atom. The second-order valence-corrected chi connectivity index (χ2v) is 7.76. The molecule has 29 heavy (non-hydrogen) atoms. The van der Waals surface area contributed by atoms with E-state index in [1.165, 1.54) is 24.8 Å². The van der Waals surface area contributed by atoms with Crippen molar-refractivity contribution in [3.05, 3.63) is 53.7 Å². The van der Waals surface area contributed by atoms with Crippen LogP contribution in [0.25, 0.3) is 6.08 Å². The highest BCUT2D eigenvalue weighted by molar-refractivity contribution is 5.92. The van der Waals surface area contributed by atoms with Gasteiger partial charge in [-0.2, -0.15) is 4.98 Å². The number of hydrogen-bond acceptors (Lipinski definition) is 5. The Morgan fingerprint density at radius 3 is 2.45 bits per heavy atom. The lowest BCUT2D eigenvalue weighted by Crippen LogP contribution is -2.48. The number of carbonyl (C=O) groups excluding carboxylic acids is 1. The molecule has 0 bridgehead atoms. The maximum Gasteiger partial charge on any atom is 0.246 e. The summed E-state index contributed by atoms with van der Waals surface area (Å²) in [5.41, 5.74) is 2.26. The van der Waals surface area contributed by atoms with Gasteiger partial charge in [-0.3, -0.25) is 4.79 Å². The summed E-state index contributed by atoms with van der Waals surface area (Å²) in [6, 6.07) is 10.1. The van der Waals surface area contributed by atoms with Crippen LogP contribution in [0.2, 0.25) is 0 Å². The number of piperazine rings is 1. The zero-order valence-electron chi connectivity index (χ0n) is 17.1. The molecule has 2 saturated heterocycles. The second-order valence-electron chi connectivity index (χ2n) is 7.76. The van der Waals surface area contributed by atoms with Gasteiger partial charge in [0, 0.05) is 51.5 Å². The van der Waals surface area contributed by atoms with Gasteiger partial charge in [0.25, 0.3) is 0 Å². The molecule has 2 aliphatic heterocycles. The summed E-state index contributed by atoms with van der Waals surface area (Å²) in [5, 5.41) is 0. The first kappa shape index (κ1) is 19.4. The van der Waals surface area contributed by atoms with Crippen molar-refractivity contribution in [3.8, 4) is 0 Å². The smallest absolute Gasteiger partial charge is 0.246 e. The van der Waals surface area contributed by atoms with Crippen LogP contribution in [0, 0.1) is 6.92 Å². The third-order valence-corrected chi connectivity index (χ3v) is 5.78. The van der Waals surface area contributed by atoms with Gasteiger partial charge in [-0.1, -0.05) is 24.3 Å². The van der Waals surface area contributed by atoms with Crippen LogP contribution in [0.15, 0.2) is 42.6 Å². The Hall–Kier alpha value is -2.89. The van der Waals surface area contributed by atoms with Gasteiger partial charge in [0.15, 0.2) is 0 Å². The third-order valence-electron chi connectivity index (χ3n) is 5.78. The van der Waals surface area contributed by atoms with Gasteiger partial charge in [0.1, 0.15) is 5.82 Å². The minimum absolute atomic E-state index is 0.0737. The monoisotopic (exact) mass is 391 g/mol. The first-order chi connectivity index (χ1) is 14.2. The molecule has 4 rings (SSSR count). The molecule has 0 radical (unpaired) electrons. The normalized spacial score (nSPS) is 17.8. The van der Waals surface area contributed by atoms with E-state index in [1.54, 1.807) is 6.08 Å². The van der Waals surface area contributed by atoms with Crippen LogP contribution in [0.4, 0.5) is 11.8 Å². The summed E-state index contributed by atoms with van der Waals surface area (Å²) >= 11 is 0. The molecule has 1 aromatic carbocycles. The summed E-state index contributed by atoms with van der Waals surface area (Å²) in [7, 11) is 0. The number of nitrogens with zero attached hydrogens (tertiary/aromatic N) is 5. The van der Waals surface area contributed by atoms with Crippen LogP contribution < -0.4 is 9.80 Å². The van der Waals surface area contributed by atoms with E-state index in [9.17, 15) is 4.79 Å². The Kier molecular flexibility index (Phi) is 6.08. The van der Waals surface area contributed by atoms with Crippen LogP contribution in [-0.4, -0.2) is 60.0 Å².